The molecular formula is C17H19N3O4S. The highest BCUT2D eigenvalue weighted by Crippen LogP contribution is 2.23. The first-order chi connectivity index (χ1) is 11.7. The number of rotatable bonds is 3. The van der Waals surface area contributed by atoms with Gasteiger partial charge in [0.25, 0.3) is 5.91 Å². The Bertz CT molecular complexity index is 983. The van der Waals surface area contributed by atoms with Crippen LogP contribution in [0.25, 0.3) is 5.69 Å². The van der Waals surface area contributed by atoms with E-state index >= 15 is 0 Å². The van der Waals surface area contributed by atoms with Crippen molar-refractivity contribution >= 4 is 15.7 Å². The van der Waals surface area contributed by atoms with E-state index in [2.05, 4.69) is 10.4 Å². The summed E-state index contributed by atoms with van der Waals surface area (Å²) >= 11 is 0. The van der Waals surface area contributed by atoms with Crippen molar-refractivity contribution < 1.29 is 13.2 Å². The minimum atomic E-state index is -3.17. The third kappa shape index (κ3) is 3.63. The molecule has 1 aromatic heterocycles. The van der Waals surface area contributed by atoms with E-state index in [9.17, 15) is 18.0 Å². The maximum atomic E-state index is 12.6. The highest BCUT2D eigenvalue weighted by Gasteiger charge is 2.40. The largest absolute Gasteiger partial charge is 0.344 e. The molecule has 0 spiro atoms. The number of carbonyl (C=O) groups is 1. The van der Waals surface area contributed by atoms with E-state index < -0.39 is 26.7 Å². The standard InChI is InChI=1S/C17H19N3O4S/c1-12-10-14(21)15(19-20(12)13-6-4-3-5-7-13)16(22)18-17(2)8-9-25(23,24)11-17/h3-7,10H,8-9,11H2,1-2H3,(H,18,22)/t17-/m0/s1. The van der Waals surface area contributed by atoms with Crippen LogP contribution in [-0.2, 0) is 9.84 Å². The molecule has 25 heavy (non-hydrogen) atoms. The predicted molar refractivity (Wildman–Crippen MR) is 93.7 cm³/mol. The van der Waals surface area contributed by atoms with Crippen LogP contribution < -0.4 is 10.7 Å². The Morgan fingerprint density at radius 1 is 1.28 bits per heavy atom. The number of carbonyl (C=O) groups excluding carboxylic acids is 1. The smallest absolute Gasteiger partial charge is 0.276 e. The van der Waals surface area contributed by atoms with E-state index in [4.69, 9.17) is 0 Å². The van der Waals surface area contributed by atoms with Crippen molar-refractivity contribution in [3.05, 3.63) is 58.0 Å². The summed E-state index contributed by atoms with van der Waals surface area (Å²) < 4.78 is 24.9. The Morgan fingerprint density at radius 2 is 1.96 bits per heavy atom. The van der Waals surface area contributed by atoms with Crippen molar-refractivity contribution in [1.29, 1.82) is 0 Å². The quantitative estimate of drug-likeness (QED) is 0.874. The van der Waals surface area contributed by atoms with Gasteiger partial charge in [0.2, 0.25) is 5.43 Å². The molecule has 2 heterocycles. The Balaban J connectivity index is 1.95. The van der Waals surface area contributed by atoms with Crippen LogP contribution >= 0.6 is 0 Å². The van der Waals surface area contributed by atoms with Gasteiger partial charge in [-0.25, -0.2) is 13.1 Å². The first-order valence-corrected chi connectivity index (χ1v) is 9.71. The Hall–Kier alpha value is -2.48. The average Bonchev–Trinajstić information content (AvgIpc) is 2.81. The lowest BCUT2D eigenvalue weighted by Gasteiger charge is -2.23. The summed E-state index contributed by atoms with van der Waals surface area (Å²) in [5.41, 5.74) is -0.301. The number of hydrogen-bond donors (Lipinski definition) is 1. The van der Waals surface area contributed by atoms with Crippen molar-refractivity contribution in [1.82, 2.24) is 15.1 Å². The lowest BCUT2D eigenvalue weighted by atomic mass is 10.0. The van der Waals surface area contributed by atoms with Crippen LogP contribution in [0.4, 0.5) is 0 Å². The van der Waals surface area contributed by atoms with Gasteiger partial charge in [-0.3, -0.25) is 9.59 Å². The molecule has 1 fully saturated rings. The third-order valence-electron chi connectivity index (χ3n) is 4.24. The predicted octanol–water partition coefficient (Wildman–Crippen LogP) is 0.848. The van der Waals surface area contributed by atoms with Gasteiger partial charge in [-0.05, 0) is 32.4 Å². The van der Waals surface area contributed by atoms with Crippen molar-refractivity contribution in [2.24, 2.45) is 0 Å². The van der Waals surface area contributed by atoms with Crippen molar-refractivity contribution in [2.75, 3.05) is 11.5 Å². The van der Waals surface area contributed by atoms with Gasteiger partial charge >= 0.3 is 0 Å². The van der Waals surface area contributed by atoms with Gasteiger partial charge in [-0.1, -0.05) is 18.2 Å². The minimum Gasteiger partial charge on any atom is -0.344 e. The summed E-state index contributed by atoms with van der Waals surface area (Å²) in [6.07, 6.45) is 0.319. The molecule has 1 atom stereocenters. The van der Waals surface area contributed by atoms with Crippen LogP contribution in [0.15, 0.2) is 41.2 Å². The number of para-hydroxylation sites is 1. The molecule has 1 aliphatic heterocycles. The SMILES string of the molecule is Cc1cc(=O)c(C(=O)N[C@@]2(C)CCS(=O)(=O)C2)nn1-c1ccccc1. The second-order valence-electron chi connectivity index (χ2n) is 6.60. The molecule has 7 nitrogen and oxygen atoms in total. The van der Waals surface area contributed by atoms with Crippen molar-refractivity contribution in [3.8, 4) is 5.69 Å². The van der Waals surface area contributed by atoms with E-state index in [1.807, 2.05) is 30.3 Å². The molecule has 1 saturated heterocycles. The van der Waals surface area contributed by atoms with Gasteiger partial charge in [0.15, 0.2) is 15.5 Å². The van der Waals surface area contributed by atoms with Gasteiger partial charge in [-0.2, -0.15) is 5.10 Å². The molecule has 3 rings (SSSR count). The monoisotopic (exact) mass is 361 g/mol. The van der Waals surface area contributed by atoms with Crippen molar-refractivity contribution in [2.45, 2.75) is 25.8 Å². The van der Waals surface area contributed by atoms with Gasteiger partial charge < -0.3 is 5.32 Å². The lowest BCUT2D eigenvalue weighted by molar-refractivity contribution is 0.0907. The minimum absolute atomic E-state index is 0.0271. The molecule has 132 valence electrons. The maximum absolute atomic E-state index is 12.6. The molecule has 0 aliphatic carbocycles. The molecule has 1 N–H and O–H groups in total. The number of nitrogens with one attached hydrogen (secondary N) is 1. The fourth-order valence-electron chi connectivity index (χ4n) is 2.98. The van der Waals surface area contributed by atoms with Crippen LogP contribution in [0, 0.1) is 6.92 Å². The molecule has 1 aliphatic rings. The molecule has 1 amide bonds. The zero-order valence-electron chi connectivity index (χ0n) is 14.0. The summed E-state index contributed by atoms with van der Waals surface area (Å²) in [5.74, 6) is -0.765. The van der Waals surface area contributed by atoms with Crippen LogP contribution in [0.1, 0.15) is 29.5 Å². The number of nitrogens with zero attached hydrogens (tertiary/aromatic N) is 2. The number of sulfone groups is 1. The summed E-state index contributed by atoms with van der Waals surface area (Å²) in [5, 5.41) is 6.87. The summed E-state index contributed by atoms with van der Waals surface area (Å²) in [4.78, 5) is 24.8. The van der Waals surface area contributed by atoms with E-state index in [1.165, 1.54) is 10.7 Å². The van der Waals surface area contributed by atoms with E-state index in [0.29, 0.717) is 12.1 Å². The number of hydrogen-bond acceptors (Lipinski definition) is 5. The number of benzene rings is 1. The van der Waals surface area contributed by atoms with Gasteiger partial charge in [0.05, 0.1) is 22.7 Å². The summed E-state index contributed by atoms with van der Waals surface area (Å²) in [6, 6.07) is 10.5. The zero-order valence-corrected chi connectivity index (χ0v) is 14.8. The molecule has 1 aromatic carbocycles. The highest BCUT2D eigenvalue weighted by atomic mass is 32.2. The van der Waals surface area contributed by atoms with Crippen LogP contribution in [0.5, 0.6) is 0 Å². The molecule has 0 radical (unpaired) electrons. The lowest BCUT2D eigenvalue weighted by Crippen LogP contribution is -2.48. The summed E-state index contributed by atoms with van der Waals surface area (Å²) in [7, 11) is -3.17. The van der Waals surface area contributed by atoms with E-state index in [0.717, 1.165) is 5.69 Å². The highest BCUT2D eigenvalue weighted by molar-refractivity contribution is 7.91. The summed E-state index contributed by atoms with van der Waals surface area (Å²) in [6.45, 7) is 3.40. The first-order valence-electron chi connectivity index (χ1n) is 7.88. The molecular weight excluding hydrogens is 342 g/mol. The van der Waals surface area contributed by atoms with Crippen molar-refractivity contribution in [3.63, 3.8) is 0 Å². The molecule has 0 saturated carbocycles. The number of aromatic nitrogens is 2. The molecule has 8 heteroatoms. The van der Waals surface area contributed by atoms with Gasteiger partial charge in [0.1, 0.15) is 0 Å². The second kappa shape index (κ2) is 6.11. The van der Waals surface area contributed by atoms with Gasteiger partial charge in [0, 0.05) is 11.8 Å². The maximum Gasteiger partial charge on any atom is 0.276 e. The third-order valence-corrected chi connectivity index (χ3v) is 6.15. The zero-order chi connectivity index (χ0) is 18.2. The van der Waals surface area contributed by atoms with Crippen LogP contribution in [0.3, 0.4) is 0 Å². The molecule has 0 bridgehead atoms. The van der Waals surface area contributed by atoms with Gasteiger partial charge in [-0.15, -0.1) is 0 Å². The Morgan fingerprint density at radius 3 is 2.56 bits per heavy atom. The first kappa shape index (κ1) is 17.3. The van der Waals surface area contributed by atoms with E-state index in [1.54, 1.807) is 13.8 Å². The number of aryl methyl sites for hydroxylation is 1. The molecule has 2 aromatic rings. The van der Waals surface area contributed by atoms with Crippen LogP contribution in [-0.4, -0.2) is 41.2 Å². The molecule has 0 unspecified atom stereocenters. The second-order valence-corrected chi connectivity index (χ2v) is 8.79. The fourth-order valence-corrected chi connectivity index (χ4v) is 5.07. The topological polar surface area (TPSA) is 98.1 Å². The average molecular weight is 361 g/mol. The van der Waals surface area contributed by atoms with E-state index in [-0.39, 0.29) is 17.2 Å². The Labute approximate surface area is 145 Å². The number of amides is 1. The fraction of sp³-hybridized carbons (Fsp3) is 0.353. The Kier molecular flexibility index (Phi) is 4.24. The normalized spacial score (nSPS) is 21.8. The van der Waals surface area contributed by atoms with Crippen LogP contribution in [0.2, 0.25) is 0 Å².